The van der Waals surface area contributed by atoms with E-state index in [1.54, 1.807) is 11.0 Å². The van der Waals surface area contributed by atoms with Crippen molar-refractivity contribution < 1.29 is 38.4 Å². The number of esters is 1. The second-order valence-electron chi connectivity index (χ2n) is 13.9. The number of allylic oxidation sites excluding steroid dienone is 1. The topological polar surface area (TPSA) is 127 Å². The Kier molecular flexibility index (Phi) is 8.44. The number of nitrogens with one attached hydrogen (secondary N) is 1. The quantitative estimate of drug-likeness (QED) is 0.327. The second kappa shape index (κ2) is 12.9. The average molecular weight is 655 g/mol. The van der Waals surface area contributed by atoms with Crippen LogP contribution in [0.4, 0.5) is 0 Å². The molecule has 2 aromatic rings. The molecule has 6 aliphatic rings. The molecule has 3 aliphatic heterocycles. The van der Waals surface area contributed by atoms with E-state index in [4.69, 9.17) is 18.9 Å². The third-order valence-electron chi connectivity index (χ3n) is 10.8. The number of epoxide rings is 1. The van der Waals surface area contributed by atoms with E-state index in [0.29, 0.717) is 61.5 Å². The van der Waals surface area contributed by atoms with Crippen LogP contribution < -0.4 is 5.32 Å². The molecule has 3 heterocycles. The van der Waals surface area contributed by atoms with Gasteiger partial charge < -0.3 is 34.3 Å². The molecule has 8 rings (SSSR count). The molecule has 1 saturated carbocycles. The summed E-state index contributed by atoms with van der Waals surface area (Å²) in [6.07, 6.45) is 10.5. The van der Waals surface area contributed by atoms with Crippen molar-refractivity contribution in [2.45, 2.75) is 93.7 Å². The number of hydrogen-bond acceptors (Lipinski definition) is 8. The summed E-state index contributed by atoms with van der Waals surface area (Å²) >= 11 is 0. The molecule has 0 aromatic heterocycles. The number of rotatable bonds is 8. The zero-order chi connectivity index (χ0) is 32.8. The summed E-state index contributed by atoms with van der Waals surface area (Å²) in [4.78, 5) is 42.5. The molecule has 3 aliphatic carbocycles. The van der Waals surface area contributed by atoms with Crippen LogP contribution in [0.1, 0.15) is 65.6 Å². The maximum absolute atomic E-state index is 14.1. The lowest BCUT2D eigenvalue weighted by atomic mass is 9.88. The summed E-state index contributed by atoms with van der Waals surface area (Å²) < 4.78 is 25.3. The number of likely N-dealkylation sites (tertiary alicyclic amines) is 1. The van der Waals surface area contributed by atoms with E-state index in [1.165, 1.54) is 0 Å². The normalized spacial score (nSPS) is 31.2. The van der Waals surface area contributed by atoms with Gasteiger partial charge in [0.25, 0.3) is 0 Å². The van der Waals surface area contributed by atoms with Crippen molar-refractivity contribution >= 4 is 23.9 Å². The van der Waals surface area contributed by atoms with Gasteiger partial charge in [0.15, 0.2) is 5.79 Å². The summed E-state index contributed by atoms with van der Waals surface area (Å²) in [6, 6.07) is 14.9. The number of ether oxygens (including phenoxy) is 4. The monoisotopic (exact) mass is 654 g/mol. The Labute approximate surface area is 280 Å². The van der Waals surface area contributed by atoms with Gasteiger partial charge in [0, 0.05) is 37.9 Å². The van der Waals surface area contributed by atoms with E-state index >= 15 is 0 Å². The van der Waals surface area contributed by atoms with Crippen molar-refractivity contribution in [2.24, 2.45) is 5.92 Å². The average Bonchev–Trinajstić information content (AvgIpc) is 3.38. The molecular formula is C38H42N2O8. The standard InChI is InChI=1S/C38H42N2O8/c41-17-15-39-35(42)29-10-5-16-40(29)36(43)27-19-32(34-33(20-27)47-38(48-34)21-25-7-1-2-8-26(25)22-38)46-37(44)28-9-4-3-6-24(28)13-11-23-12-14-30-31(18-23)45-30/h1-4,6-9,11,13,20,23,29-34,41H,5,10,12,14-19,21-22H2,(H,39,42). The van der Waals surface area contributed by atoms with Crippen LogP contribution in [0.15, 0.2) is 66.3 Å². The van der Waals surface area contributed by atoms with Gasteiger partial charge in [0.1, 0.15) is 24.4 Å². The van der Waals surface area contributed by atoms with Crippen LogP contribution in [-0.4, -0.2) is 89.8 Å². The second-order valence-corrected chi connectivity index (χ2v) is 13.9. The Bertz CT molecular complexity index is 1630. The van der Waals surface area contributed by atoms with E-state index in [0.717, 1.165) is 36.0 Å². The van der Waals surface area contributed by atoms with Gasteiger partial charge in [-0.25, -0.2) is 4.79 Å². The van der Waals surface area contributed by atoms with Crippen molar-refractivity contribution in [3.63, 3.8) is 0 Å². The number of fused-ring (bicyclic) bond motifs is 3. The minimum Gasteiger partial charge on any atom is -0.456 e. The number of carbonyl (C=O) groups is 3. The Balaban J connectivity index is 1.04. The summed E-state index contributed by atoms with van der Waals surface area (Å²) in [6.45, 7) is 0.396. The Morgan fingerprint density at radius 3 is 2.58 bits per heavy atom. The molecule has 4 fully saturated rings. The van der Waals surface area contributed by atoms with Crippen LogP contribution in [0.5, 0.6) is 0 Å². The van der Waals surface area contributed by atoms with Crippen LogP contribution in [0, 0.1) is 5.92 Å². The molecule has 252 valence electrons. The SMILES string of the molecule is O=C(OC1CC(C(=O)N2CCCC2C(=O)NCCO)=CC2OC3(Cc4ccccc4C3)OC21)c1ccccc1C=CC1CCC2OC2C1. The molecule has 2 N–H and O–H groups in total. The molecule has 1 spiro atoms. The van der Waals surface area contributed by atoms with Crippen molar-refractivity contribution in [2.75, 3.05) is 19.7 Å². The molecule has 3 saturated heterocycles. The first kappa shape index (κ1) is 31.4. The summed E-state index contributed by atoms with van der Waals surface area (Å²) in [5.41, 5.74) is 3.98. The Morgan fingerprint density at radius 2 is 1.79 bits per heavy atom. The molecular weight excluding hydrogens is 612 g/mol. The minimum atomic E-state index is -0.913. The maximum atomic E-state index is 14.1. The van der Waals surface area contributed by atoms with Crippen LogP contribution in [0.3, 0.4) is 0 Å². The van der Waals surface area contributed by atoms with Gasteiger partial charge in [-0.3, -0.25) is 9.59 Å². The first-order valence-electron chi connectivity index (χ1n) is 17.4. The molecule has 10 nitrogen and oxygen atoms in total. The number of aliphatic hydroxyl groups is 1. The first-order valence-corrected chi connectivity index (χ1v) is 17.4. The predicted octanol–water partition coefficient (Wildman–Crippen LogP) is 3.50. The van der Waals surface area contributed by atoms with Crippen molar-refractivity contribution in [3.05, 3.63) is 88.5 Å². The minimum absolute atomic E-state index is 0.129. The molecule has 2 aromatic carbocycles. The highest BCUT2D eigenvalue weighted by molar-refractivity contribution is 5.98. The van der Waals surface area contributed by atoms with Gasteiger partial charge in [0.2, 0.25) is 11.8 Å². The number of benzene rings is 2. The number of nitrogens with zero attached hydrogens (tertiary/aromatic N) is 1. The zero-order valence-corrected chi connectivity index (χ0v) is 26.9. The van der Waals surface area contributed by atoms with Gasteiger partial charge in [-0.05, 0) is 66.9 Å². The van der Waals surface area contributed by atoms with Crippen LogP contribution in [0.25, 0.3) is 6.08 Å². The lowest BCUT2D eigenvalue weighted by molar-refractivity contribution is -0.172. The maximum Gasteiger partial charge on any atom is 0.339 e. The predicted molar refractivity (Wildman–Crippen MR) is 175 cm³/mol. The number of amides is 2. The molecule has 0 bridgehead atoms. The van der Waals surface area contributed by atoms with Gasteiger partial charge in [-0.1, -0.05) is 54.6 Å². The van der Waals surface area contributed by atoms with E-state index in [-0.39, 0.29) is 31.4 Å². The lowest BCUT2D eigenvalue weighted by Crippen LogP contribution is -2.49. The van der Waals surface area contributed by atoms with E-state index < -0.39 is 36.1 Å². The van der Waals surface area contributed by atoms with E-state index in [9.17, 15) is 19.5 Å². The zero-order valence-electron chi connectivity index (χ0n) is 26.9. The number of aliphatic hydroxyl groups excluding tert-OH is 1. The van der Waals surface area contributed by atoms with E-state index in [2.05, 4.69) is 23.5 Å². The molecule has 7 atom stereocenters. The van der Waals surface area contributed by atoms with Gasteiger partial charge in [-0.15, -0.1) is 0 Å². The fourth-order valence-corrected chi connectivity index (χ4v) is 8.30. The number of carbonyl (C=O) groups excluding carboxylic acids is 3. The molecule has 0 radical (unpaired) electrons. The summed E-state index contributed by atoms with van der Waals surface area (Å²) in [5.74, 6) is -1.54. The molecule has 2 amide bonds. The Morgan fingerprint density at radius 1 is 1.00 bits per heavy atom. The molecule has 10 heteroatoms. The fourth-order valence-electron chi connectivity index (χ4n) is 8.30. The van der Waals surface area contributed by atoms with Gasteiger partial charge in [-0.2, -0.15) is 0 Å². The highest BCUT2D eigenvalue weighted by atomic mass is 16.8. The van der Waals surface area contributed by atoms with Crippen molar-refractivity contribution in [1.29, 1.82) is 0 Å². The highest BCUT2D eigenvalue weighted by Crippen LogP contribution is 2.45. The first-order chi connectivity index (χ1) is 23.4. The largest absolute Gasteiger partial charge is 0.456 e. The van der Waals surface area contributed by atoms with Crippen LogP contribution in [0.2, 0.25) is 0 Å². The summed E-state index contributed by atoms with van der Waals surface area (Å²) in [7, 11) is 0. The number of hydrogen-bond donors (Lipinski definition) is 2. The van der Waals surface area contributed by atoms with Crippen molar-refractivity contribution in [1.82, 2.24) is 10.2 Å². The molecule has 48 heavy (non-hydrogen) atoms. The smallest absolute Gasteiger partial charge is 0.339 e. The van der Waals surface area contributed by atoms with Gasteiger partial charge in [0.05, 0.1) is 24.4 Å². The highest BCUT2D eigenvalue weighted by Gasteiger charge is 2.55. The third-order valence-corrected chi connectivity index (χ3v) is 10.8. The fraction of sp³-hybridized carbons (Fsp3) is 0.500. The third kappa shape index (κ3) is 6.11. The van der Waals surface area contributed by atoms with E-state index in [1.807, 2.05) is 42.5 Å². The van der Waals surface area contributed by atoms with Crippen LogP contribution >= 0.6 is 0 Å². The summed E-state index contributed by atoms with van der Waals surface area (Å²) in [5, 5.41) is 11.9. The van der Waals surface area contributed by atoms with Crippen molar-refractivity contribution in [3.8, 4) is 0 Å². The molecule has 7 unspecified atom stereocenters. The lowest BCUT2D eigenvalue weighted by Gasteiger charge is -2.32. The van der Waals surface area contributed by atoms with Gasteiger partial charge >= 0.3 is 5.97 Å². The van der Waals surface area contributed by atoms with Crippen LogP contribution in [-0.2, 0) is 41.4 Å². The Hall–Kier alpha value is -3.83.